The molecule has 102 valence electrons. The van der Waals surface area contributed by atoms with Crippen LogP contribution in [-0.2, 0) is 6.54 Å². The number of hydrogen-bond donors (Lipinski definition) is 1. The Morgan fingerprint density at radius 1 is 1.44 bits per heavy atom. The molecule has 1 aliphatic rings. The topological polar surface area (TPSA) is 29.9 Å². The molecule has 1 aromatic rings. The highest BCUT2D eigenvalue weighted by Crippen LogP contribution is 2.21. The molecule has 4 heteroatoms. The summed E-state index contributed by atoms with van der Waals surface area (Å²) in [5.74, 6) is 2.97. The second-order valence-corrected chi connectivity index (χ2v) is 6.35. The van der Waals surface area contributed by atoms with Crippen LogP contribution in [0.4, 0.5) is 5.95 Å². The van der Waals surface area contributed by atoms with Gasteiger partial charge in [-0.25, -0.2) is 4.98 Å². The van der Waals surface area contributed by atoms with E-state index in [1.54, 1.807) is 0 Å². The largest absolute Gasteiger partial charge is 0.353 e. The number of nitrogens with zero attached hydrogens (tertiary/aromatic N) is 2. The van der Waals surface area contributed by atoms with Crippen LogP contribution < -0.4 is 5.32 Å². The average Bonchev–Trinajstić information content (AvgIpc) is 2.78. The minimum Gasteiger partial charge on any atom is -0.353 e. The van der Waals surface area contributed by atoms with Crippen molar-refractivity contribution in [1.29, 1.82) is 0 Å². The normalized spacial score (nSPS) is 18.8. The molecule has 3 nitrogen and oxygen atoms in total. The molecule has 0 amide bonds. The predicted molar refractivity (Wildman–Crippen MR) is 80.3 cm³/mol. The molecule has 1 fully saturated rings. The second-order valence-electron chi connectivity index (χ2n) is 5.44. The van der Waals surface area contributed by atoms with Gasteiger partial charge in [0.25, 0.3) is 0 Å². The molecule has 1 heterocycles. The zero-order chi connectivity index (χ0) is 12.8. The van der Waals surface area contributed by atoms with Gasteiger partial charge < -0.3 is 9.88 Å². The minimum absolute atomic E-state index is 0.635. The lowest BCUT2D eigenvalue weighted by molar-refractivity contribution is 0.455. The first kappa shape index (κ1) is 13.8. The molecule has 0 aliphatic heterocycles. The molecule has 1 N–H and O–H groups in total. The smallest absolute Gasteiger partial charge is 0.202 e. The molecule has 1 aromatic heterocycles. The zero-order valence-corrected chi connectivity index (χ0v) is 12.4. The Balaban J connectivity index is 1.90. The van der Waals surface area contributed by atoms with Crippen molar-refractivity contribution in [3.63, 3.8) is 0 Å². The second kappa shape index (κ2) is 7.07. The summed E-state index contributed by atoms with van der Waals surface area (Å²) in [4.78, 5) is 4.47. The maximum atomic E-state index is 4.47. The van der Waals surface area contributed by atoms with E-state index in [4.69, 9.17) is 0 Å². The molecular weight excluding hydrogens is 242 g/mol. The minimum atomic E-state index is 0.635. The van der Waals surface area contributed by atoms with E-state index in [0.29, 0.717) is 12.0 Å². The third-order valence-corrected chi connectivity index (χ3v) is 4.52. The van der Waals surface area contributed by atoms with E-state index in [0.717, 1.165) is 12.5 Å². The zero-order valence-electron chi connectivity index (χ0n) is 11.6. The summed E-state index contributed by atoms with van der Waals surface area (Å²) >= 11 is 1.92. The van der Waals surface area contributed by atoms with E-state index in [1.165, 1.54) is 37.9 Å². The van der Waals surface area contributed by atoms with Crippen LogP contribution in [0.15, 0.2) is 12.4 Å². The van der Waals surface area contributed by atoms with Crippen molar-refractivity contribution >= 4 is 17.7 Å². The monoisotopic (exact) mass is 267 g/mol. The Labute approximate surface area is 115 Å². The van der Waals surface area contributed by atoms with Crippen LogP contribution in [0.3, 0.4) is 0 Å². The Hall–Kier alpha value is -0.640. The summed E-state index contributed by atoms with van der Waals surface area (Å²) in [6.07, 6.45) is 12.9. The van der Waals surface area contributed by atoms with Gasteiger partial charge >= 0.3 is 0 Å². The first-order valence-electron chi connectivity index (χ1n) is 7.06. The molecule has 1 saturated carbocycles. The van der Waals surface area contributed by atoms with Crippen molar-refractivity contribution in [2.75, 3.05) is 17.3 Å². The first-order valence-corrected chi connectivity index (χ1v) is 8.45. The Bertz CT molecular complexity index is 345. The predicted octanol–water partition coefficient (Wildman–Crippen LogP) is 3.63. The highest BCUT2D eigenvalue weighted by molar-refractivity contribution is 7.98. The Kier molecular flexibility index (Phi) is 5.42. The van der Waals surface area contributed by atoms with Crippen molar-refractivity contribution in [3.8, 4) is 0 Å². The van der Waals surface area contributed by atoms with Gasteiger partial charge in [0.15, 0.2) is 0 Å². The van der Waals surface area contributed by atoms with Gasteiger partial charge in [0.2, 0.25) is 5.95 Å². The number of aromatic nitrogens is 2. The Morgan fingerprint density at radius 3 is 2.94 bits per heavy atom. The molecule has 0 spiro atoms. The molecular formula is C14H25N3S. The first-order chi connectivity index (χ1) is 8.79. The van der Waals surface area contributed by atoms with Gasteiger partial charge in [0.1, 0.15) is 0 Å². The standard InChI is InChI=1S/C14H25N3S/c1-12(11-18-2)10-17-9-8-15-14(17)16-13-6-4-3-5-7-13/h8-9,12-13H,3-7,10-11H2,1-2H3,(H,15,16). The van der Waals surface area contributed by atoms with Crippen LogP contribution in [-0.4, -0.2) is 27.6 Å². The summed E-state index contributed by atoms with van der Waals surface area (Å²) in [5.41, 5.74) is 0. The molecule has 1 aliphatic carbocycles. The third-order valence-electron chi connectivity index (χ3n) is 3.61. The van der Waals surface area contributed by atoms with Crippen molar-refractivity contribution in [3.05, 3.63) is 12.4 Å². The summed E-state index contributed by atoms with van der Waals surface area (Å²) < 4.78 is 2.27. The number of nitrogens with one attached hydrogen (secondary N) is 1. The molecule has 18 heavy (non-hydrogen) atoms. The van der Waals surface area contributed by atoms with Crippen molar-refractivity contribution in [1.82, 2.24) is 9.55 Å². The lowest BCUT2D eigenvalue weighted by atomic mass is 9.96. The quantitative estimate of drug-likeness (QED) is 0.853. The Morgan fingerprint density at radius 2 is 2.22 bits per heavy atom. The maximum absolute atomic E-state index is 4.47. The molecule has 0 radical (unpaired) electrons. The van der Waals surface area contributed by atoms with Crippen molar-refractivity contribution < 1.29 is 0 Å². The van der Waals surface area contributed by atoms with Crippen LogP contribution in [0.25, 0.3) is 0 Å². The third kappa shape index (κ3) is 3.94. The van der Waals surface area contributed by atoms with Gasteiger partial charge in [-0.3, -0.25) is 0 Å². The molecule has 1 unspecified atom stereocenters. The van der Waals surface area contributed by atoms with Crippen molar-refractivity contribution in [2.45, 2.75) is 51.6 Å². The molecule has 0 bridgehead atoms. The highest BCUT2D eigenvalue weighted by atomic mass is 32.2. The number of hydrogen-bond acceptors (Lipinski definition) is 3. The SMILES string of the molecule is CSCC(C)Cn1ccnc1NC1CCCCC1. The fourth-order valence-corrected chi connectivity index (χ4v) is 3.37. The molecule has 2 rings (SSSR count). The average molecular weight is 267 g/mol. The van der Waals surface area contributed by atoms with E-state index in [9.17, 15) is 0 Å². The highest BCUT2D eigenvalue weighted by Gasteiger charge is 2.15. The van der Waals surface area contributed by atoms with Crippen LogP contribution in [0.5, 0.6) is 0 Å². The van der Waals surface area contributed by atoms with Crippen LogP contribution >= 0.6 is 11.8 Å². The number of rotatable bonds is 6. The van der Waals surface area contributed by atoms with Gasteiger partial charge in [-0.1, -0.05) is 26.2 Å². The van der Waals surface area contributed by atoms with Crippen LogP contribution in [0.1, 0.15) is 39.0 Å². The summed E-state index contributed by atoms with van der Waals surface area (Å²) in [6, 6.07) is 0.635. The number of thioether (sulfide) groups is 1. The van der Waals surface area contributed by atoms with Crippen LogP contribution in [0, 0.1) is 5.92 Å². The van der Waals surface area contributed by atoms with E-state index in [1.807, 2.05) is 18.0 Å². The van der Waals surface area contributed by atoms with Crippen molar-refractivity contribution in [2.24, 2.45) is 5.92 Å². The van der Waals surface area contributed by atoms with Gasteiger partial charge in [0.05, 0.1) is 0 Å². The van der Waals surface area contributed by atoms with Gasteiger partial charge in [-0.2, -0.15) is 11.8 Å². The number of imidazole rings is 1. The lowest BCUT2D eigenvalue weighted by Gasteiger charge is -2.24. The summed E-state index contributed by atoms with van der Waals surface area (Å²) in [7, 11) is 0. The lowest BCUT2D eigenvalue weighted by Crippen LogP contribution is -2.25. The fraction of sp³-hybridized carbons (Fsp3) is 0.786. The molecule has 0 aromatic carbocycles. The summed E-state index contributed by atoms with van der Waals surface area (Å²) in [6.45, 7) is 3.37. The van der Waals surface area contributed by atoms with Crippen LogP contribution in [0.2, 0.25) is 0 Å². The van der Waals surface area contributed by atoms with E-state index >= 15 is 0 Å². The molecule has 0 saturated heterocycles. The van der Waals surface area contributed by atoms with E-state index in [2.05, 4.69) is 34.2 Å². The fourth-order valence-electron chi connectivity index (χ4n) is 2.70. The van der Waals surface area contributed by atoms with E-state index in [-0.39, 0.29) is 0 Å². The van der Waals surface area contributed by atoms with Gasteiger partial charge in [0, 0.05) is 25.0 Å². The van der Waals surface area contributed by atoms with Gasteiger partial charge in [-0.15, -0.1) is 0 Å². The van der Waals surface area contributed by atoms with E-state index < -0.39 is 0 Å². The number of anilines is 1. The summed E-state index contributed by atoms with van der Waals surface area (Å²) in [5, 5.41) is 3.62. The maximum Gasteiger partial charge on any atom is 0.202 e. The molecule has 1 atom stereocenters. The van der Waals surface area contributed by atoms with Gasteiger partial charge in [-0.05, 0) is 30.8 Å².